The van der Waals surface area contributed by atoms with E-state index in [0.717, 1.165) is 18.2 Å². The smallest absolute Gasteiger partial charge is 0.238 e. The van der Waals surface area contributed by atoms with E-state index in [1.807, 2.05) is 24.9 Å². The van der Waals surface area contributed by atoms with Gasteiger partial charge in [0.15, 0.2) is 5.82 Å². The van der Waals surface area contributed by atoms with E-state index in [4.69, 9.17) is 4.52 Å². The highest BCUT2D eigenvalue weighted by molar-refractivity contribution is 5.42. The largest absolute Gasteiger partial charge is 0.339 e. The van der Waals surface area contributed by atoms with Gasteiger partial charge in [0, 0.05) is 31.9 Å². The first-order chi connectivity index (χ1) is 8.78. The van der Waals surface area contributed by atoms with Crippen molar-refractivity contribution in [3.8, 4) is 11.6 Å². The molecule has 0 amide bonds. The van der Waals surface area contributed by atoms with Crippen molar-refractivity contribution in [2.24, 2.45) is 13.0 Å². The van der Waals surface area contributed by atoms with Crippen molar-refractivity contribution >= 4 is 0 Å². The van der Waals surface area contributed by atoms with Crippen molar-refractivity contribution in [2.75, 3.05) is 7.05 Å². The Labute approximate surface area is 105 Å². The van der Waals surface area contributed by atoms with Gasteiger partial charge in [0.25, 0.3) is 0 Å². The maximum atomic E-state index is 5.30. The third kappa shape index (κ3) is 2.15. The average molecular weight is 247 g/mol. The van der Waals surface area contributed by atoms with Crippen LogP contribution in [0.1, 0.15) is 18.7 Å². The van der Waals surface area contributed by atoms with E-state index >= 15 is 0 Å². The Morgan fingerprint density at radius 2 is 2.39 bits per heavy atom. The number of nitrogens with one attached hydrogen (secondary N) is 1. The van der Waals surface area contributed by atoms with Gasteiger partial charge >= 0.3 is 0 Å². The second kappa shape index (κ2) is 4.53. The molecule has 1 aliphatic rings. The Morgan fingerprint density at radius 1 is 1.56 bits per heavy atom. The van der Waals surface area contributed by atoms with E-state index in [9.17, 15) is 0 Å². The number of hydrogen-bond donors (Lipinski definition) is 1. The zero-order chi connectivity index (χ0) is 12.5. The fourth-order valence-electron chi connectivity index (χ4n) is 2.20. The maximum Gasteiger partial charge on any atom is 0.238 e. The van der Waals surface area contributed by atoms with E-state index in [0.29, 0.717) is 17.8 Å². The lowest BCUT2D eigenvalue weighted by molar-refractivity contribution is 0.352. The van der Waals surface area contributed by atoms with Crippen molar-refractivity contribution in [3.63, 3.8) is 0 Å². The third-order valence-electron chi connectivity index (χ3n) is 3.45. The summed E-state index contributed by atoms with van der Waals surface area (Å²) < 4.78 is 7.18. The van der Waals surface area contributed by atoms with Crippen LogP contribution < -0.4 is 5.32 Å². The molecule has 1 atom stereocenters. The molecule has 0 aromatic carbocycles. The molecular formula is C12H17N5O. The molecule has 0 bridgehead atoms. The van der Waals surface area contributed by atoms with Crippen LogP contribution in [0.3, 0.4) is 0 Å². The van der Waals surface area contributed by atoms with Gasteiger partial charge in [-0.1, -0.05) is 5.16 Å². The SMILES string of the molecule is CNC(Cc1nc(-c2nccn2C)no1)C1CC1. The van der Waals surface area contributed by atoms with Crippen LogP contribution in [0, 0.1) is 5.92 Å². The zero-order valence-electron chi connectivity index (χ0n) is 10.6. The highest BCUT2D eigenvalue weighted by atomic mass is 16.5. The van der Waals surface area contributed by atoms with Crippen LogP contribution in [0.4, 0.5) is 0 Å². The van der Waals surface area contributed by atoms with Crippen molar-refractivity contribution in [3.05, 3.63) is 18.3 Å². The highest BCUT2D eigenvalue weighted by Gasteiger charge is 2.31. The fourth-order valence-corrected chi connectivity index (χ4v) is 2.20. The topological polar surface area (TPSA) is 68.8 Å². The number of nitrogens with zero attached hydrogens (tertiary/aromatic N) is 4. The molecule has 1 N–H and O–H groups in total. The molecule has 18 heavy (non-hydrogen) atoms. The van der Waals surface area contributed by atoms with Gasteiger partial charge in [-0.25, -0.2) is 4.98 Å². The van der Waals surface area contributed by atoms with Gasteiger partial charge in [-0.2, -0.15) is 4.98 Å². The predicted octanol–water partition coefficient (Wildman–Crippen LogP) is 1.01. The Hall–Kier alpha value is -1.69. The van der Waals surface area contributed by atoms with E-state index in [-0.39, 0.29) is 0 Å². The van der Waals surface area contributed by atoms with Crippen LogP contribution in [0.5, 0.6) is 0 Å². The fraction of sp³-hybridized carbons (Fsp3) is 0.583. The molecule has 1 aliphatic carbocycles. The number of imidazole rings is 1. The molecule has 2 aromatic rings. The molecule has 1 fully saturated rings. The van der Waals surface area contributed by atoms with Crippen molar-refractivity contribution < 1.29 is 4.52 Å². The lowest BCUT2D eigenvalue weighted by atomic mass is 10.1. The Kier molecular flexibility index (Phi) is 2.87. The monoisotopic (exact) mass is 247 g/mol. The van der Waals surface area contributed by atoms with Gasteiger partial charge in [0.05, 0.1) is 0 Å². The van der Waals surface area contributed by atoms with Gasteiger partial charge in [-0.05, 0) is 25.8 Å². The molecule has 0 aliphatic heterocycles. The first kappa shape index (κ1) is 11.4. The summed E-state index contributed by atoms with van der Waals surface area (Å²) >= 11 is 0. The summed E-state index contributed by atoms with van der Waals surface area (Å²) in [4.78, 5) is 8.62. The van der Waals surface area contributed by atoms with Gasteiger partial charge in [0.2, 0.25) is 11.7 Å². The maximum absolute atomic E-state index is 5.30. The highest BCUT2D eigenvalue weighted by Crippen LogP contribution is 2.33. The molecule has 6 heteroatoms. The average Bonchev–Trinajstić information content (AvgIpc) is 2.96. The second-order valence-corrected chi connectivity index (χ2v) is 4.81. The molecule has 2 heterocycles. The number of aromatic nitrogens is 4. The first-order valence-electron chi connectivity index (χ1n) is 6.25. The summed E-state index contributed by atoms with van der Waals surface area (Å²) in [7, 11) is 3.90. The second-order valence-electron chi connectivity index (χ2n) is 4.81. The minimum atomic E-state index is 0.444. The molecule has 1 saturated carbocycles. The normalized spacial score (nSPS) is 17.0. The molecule has 0 saturated heterocycles. The van der Waals surface area contributed by atoms with Crippen molar-refractivity contribution in [2.45, 2.75) is 25.3 Å². The summed E-state index contributed by atoms with van der Waals surface area (Å²) in [6.45, 7) is 0. The molecular weight excluding hydrogens is 230 g/mol. The van der Waals surface area contributed by atoms with E-state index in [1.165, 1.54) is 12.8 Å². The molecule has 3 rings (SSSR count). The lowest BCUT2D eigenvalue weighted by Crippen LogP contribution is -2.29. The number of aryl methyl sites for hydroxylation is 1. The lowest BCUT2D eigenvalue weighted by Gasteiger charge is -2.11. The van der Waals surface area contributed by atoms with Crippen LogP contribution in [-0.2, 0) is 13.5 Å². The summed E-state index contributed by atoms with van der Waals surface area (Å²) in [6.07, 6.45) is 6.98. The minimum Gasteiger partial charge on any atom is -0.339 e. The van der Waals surface area contributed by atoms with Gasteiger partial charge in [-0.3, -0.25) is 0 Å². The van der Waals surface area contributed by atoms with E-state index < -0.39 is 0 Å². The first-order valence-corrected chi connectivity index (χ1v) is 6.25. The molecule has 6 nitrogen and oxygen atoms in total. The standard InChI is InChI=1S/C12H17N5O/c1-13-9(8-3-4-8)7-10-15-11(16-18-10)12-14-5-6-17(12)2/h5-6,8-9,13H,3-4,7H2,1-2H3. The Balaban J connectivity index is 1.75. The zero-order valence-corrected chi connectivity index (χ0v) is 10.6. The van der Waals surface area contributed by atoms with Crippen LogP contribution in [-0.4, -0.2) is 32.8 Å². The predicted molar refractivity (Wildman–Crippen MR) is 65.8 cm³/mol. The molecule has 0 spiro atoms. The summed E-state index contributed by atoms with van der Waals surface area (Å²) in [6, 6.07) is 0.444. The van der Waals surface area contributed by atoms with Crippen LogP contribution in [0.2, 0.25) is 0 Å². The molecule has 96 valence electrons. The van der Waals surface area contributed by atoms with Crippen LogP contribution in [0.15, 0.2) is 16.9 Å². The van der Waals surface area contributed by atoms with E-state index in [2.05, 4.69) is 20.4 Å². The van der Waals surface area contributed by atoms with E-state index in [1.54, 1.807) is 6.20 Å². The quantitative estimate of drug-likeness (QED) is 0.854. The summed E-state index contributed by atoms with van der Waals surface area (Å²) in [5.41, 5.74) is 0. The summed E-state index contributed by atoms with van der Waals surface area (Å²) in [5, 5.41) is 7.31. The van der Waals surface area contributed by atoms with Gasteiger partial charge in [-0.15, -0.1) is 0 Å². The molecule has 2 aromatic heterocycles. The molecule has 1 unspecified atom stereocenters. The number of rotatable bonds is 5. The van der Waals surface area contributed by atoms with Crippen molar-refractivity contribution in [1.82, 2.24) is 25.0 Å². The third-order valence-corrected chi connectivity index (χ3v) is 3.45. The Bertz CT molecular complexity index is 528. The van der Waals surface area contributed by atoms with Crippen LogP contribution in [0.25, 0.3) is 11.6 Å². The summed E-state index contributed by atoms with van der Waals surface area (Å²) in [5.74, 6) is 2.73. The number of likely N-dealkylation sites (N-methyl/N-ethyl adjacent to an activating group) is 1. The van der Waals surface area contributed by atoms with Gasteiger partial charge < -0.3 is 14.4 Å². The van der Waals surface area contributed by atoms with Crippen molar-refractivity contribution in [1.29, 1.82) is 0 Å². The minimum absolute atomic E-state index is 0.444. The molecule has 0 radical (unpaired) electrons. The van der Waals surface area contributed by atoms with Gasteiger partial charge in [0.1, 0.15) is 0 Å². The number of hydrogen-bond acceptors (Lipinski definition) is 5. The van der Waals surface area contributed by atoms with Crippen LogP contribution >= 0.6 is 0 Å². The Morgan fingerprint density at radius 3 is 3.00 bits per heavy atom.